The number of halogens is 1. The van der Waals surface area contributed by atoms with E-state index < -0.39 is 10.8 Å². The molecule has 170 valence electrons. The number of carbonyl (C=O) groups is 1. The van der Waals surface area contributed by atoms with E-state index in [1.165, 1.54) is 0 Å². The number of aryl methyl sites for hydroxylation is 1. The monoisotopic (exact) mass is 476 g/mol. The van der Waals surface area contributed by atoms with Crippen LogP contribution in [-0.4, -0.2) is 41.6 Å². The normalized spacial score (nSPS) is 11.8. The van der Waals surface area contributed by atoms with Crippen molar-refractivity contribution in [1.29, 1.82) is 0 Å². The molecule has 32 heavy (non-hydrogen) atoms. The number of hydrogen-bond acceptors (Lipinski definition) is 6. The molecule has 1 atom stereocenters. The summed E-state index contributed by atoms with van der Waals surface area (Å²) in [6.45, 7) is 2.19. The van der Waals surface area contributed by atoms with E-state index in [0.29, 0.717) is 46.8 Å². The van der Waals surface area contributed by atoms with Crippen molar-refractivity contribution < 1.29 is 22.9 Å². The topological polar surface area (TPSA) is 90.7 Å². The summed E-state index contributed by atoms with van der Waals surface area (Å²) in [6.07, 6.45) is 0.617. The van der Waals surface area contributed by atoms with Crippen LogP contribution in [0.15, 0.2) is 46.9 Å². The highest BCUT2D eigenvalue weighted by molar-refractivity contribution is 7.84. The Morgan fingerprint density at radius 2 is 1.84 bits per heavy atom. The summed E-state index contributed by atoms with van der Waals surface area (Å²) in [5.41, 5.74) is 2.35. The molecule has 1 amide bonds. The zero-order valence-corrected chi connectivity index (χ0v) is 19.7. The van der Waals surface area contributed by atoms with E-state index in [1.54, 1.807) is 45.4 Å². The SMILES string of the molecule is COc1ccc(CCNC(=O)C[S@](=O)Cc2nc(-c3ccc(Cl)cc3)oc2C)cc1OC. The standard InChI is InChI=1S/C23H25ClN2O5S/c1-15-19(26-23(31-15)17-5-7-18(24)8-6-17)13-32(28)14-22(27)25-11-10-16-4-9-20(29-2)21(12-16)30-3/h4-9,12H,10-11,13-14H2,1-3H3,(H,25,27)/t32-/m1/s1. The van der Waals surface area contributed by atoms with E-state index in [2.05, 4.69) is 10.3 Å². The molecule has 0 aliphatic heterocycles. The predicted molar refractivity (Wildman–Crippen MR) is 125 cm³/mol. The van der Waals surface area contributed by atoms with Crippen molar-refractivity contribution in [3.63, 3.8) is 0 Å². The van der Waals surface area contributed by atoms with Crippen molar-refractivity contribution in [2.45, 2.75) is 19.1 Å². The van der Waals surface area contributed by atoms with Crippen LogP contribution < -0.4 is 14.8 Å². The molecule has 0 bridgehead atoms. The summed E-state index contributed by atoms with van der Waals surface area (Å²) < 4.78 is 28.7. The molecular formula is C23H25ClN2O5S. The van der Waals surface area contributed by atoms with Crippen molar-refractivity contribution in [3.05, 3.63) is 64.5 Å². The molecule has 0 saturated carbocycles. The summed E-state index contributed by atoms with van der Waals surface area (Å²) in [4.78, 5) is 16.6. The largest absolute Gasteiger partial charge is 0.493 e. The van der Waals surface area contributed by atoms with Crippen molar-refractivity contribution in [2.75, 3.05) is 26.5 Å². The molecule has 0 radical (unpaired) electrons. The van der Waals surface area contributed by atoms with Gasteiger partial charge in [0, 0.05) is 27.9 Å². The maximum Gasteiger partial charge on any atom is 0.232 e. The molecule has 7 nitrogen and oxygen atoms in total. The molecule has 3 rings (SSSR count). The second-order valence-corrected chi connectivity index (χ2v) is 8.94. The van der Waals surface area contributed by atoms with Gasteiger partial charge in [-0.2, -0.15) is 0 Å². The number of carbonyl (C=O) groups excluding carboxylic acids is 1. The van der Waals surface area contributed by atoms with Crippen LogP contribution in [0.5, 0.6) is 11.5 Å². The van der Waals surface area contributed by atoms with Gasteiger partial charge in [-0.1, -0.05) is 17.7 Å². The summed E-state index contributed by atoms with van der Waals surface area (Å²) >= 11 is 5.91. The molecule has 3 aromatic rings. The summed E-state index contributed by atoms with van der Waals surface area (Å²) in [7, 11) is 1.75. The number of aromatic nitrogens is 1. The highest BCUT2D eigenvalue weighted by atomic mass is 35.5. The Hall–Kier alpha value is -2.84. The predicted octanol–water partition coefficient (Wildman–Crippen LogP) is 3.93. The first-order chi connectivity index (χ1) is 15.4. The third-order valence-corrected chi connectivity index (χ3v) is 6.19. The summed E-state index contributed by atoms with van der Waals surface area (Å²) in [5, 5.41) is 3.43. The van der Waals surface area contributed by atoms with E-state index in [1.807, 2.05) is 18.2 Å². The number of nitrogens with one attached hydrogen (secondary N) is 1. The van der Waals surface area contributed by atoms with Crippen LogP contribution in [0.3, 0.4) is 0 Å². The number of methoxy groups -OCH3 is 2. The summed E-state index contributed by atoms with van der Waals surface area (Å²) in [5.74, 6) is 2.07. The fourth-order valence-corrected chi connectivity index (χ4v) is 4.26. The van der Waals surface area contributed by atoms with Gasteiger partial charge in [-0.15, -0.1) is 0 Å². The van der Waals surface area contributed by atoms with Gasteiger partial charge >= 0.3 is 0 Å². The first kappa shape index (κ1) is 23.8. The van der Waals surface area contributed by atoms with Gasteiger partial charge in [0.05, 0.1) is 25.7 Å². The lowest BCUT2D eigenvalue weighted by Crippen LogP contribution is -2.30. The van der Waals surface area contributed by atoms with Gasteiger partial charge in [-0.25, -0.2) is 4.98 Å². The zero-order chi connectivity index (χ0) is 23.1. The van der Waals surface area contributed by atoms with Gasteiger partial charge in [-0.3, -0.25) is 9.00 Å². The quantitative estimate of drug-likeness (QED) is 0.476. The van der Waals surface area contributed by atoms with Crippen LogP contribution in [0.1, 0.15) is 17.0 Å². The lowest BCUT2D eigenvalue weighted by molar-refractivity contribution is -0.118. The minimum absolute atomic E-state index is 0.103. The summed E-state index contributed by atoms with van der Waals surface area (Å²) in [6, 6.07) is 12.7. The average Bonchev–Trinajstić information content (AvgIpc) is 3.13. The van der Waals surface area contributed by atoms with Crippen molar-refractivity contribution in [1.82, 2.24) is 10.3 Å². The Morgan fingerprint density at radius 3 is 2.53 bits per heavy atom. The Morgan fingerprint density at radius 1 is 1.12 bits per heavy atom. The maximum absolute atomic E-state index is 12.5. The smallest absolute Gasteiger partial charge is 0.232 e. The van der Waals surface area contributed by atoms with Gasteiger partial charge in [-0.05, 0) is 55.3 Å². The van der Waals surface area contributed by atoms with Crippen LogP contribution in [0.2, 0.25) is 5.02 Å². The molecule has 0 fully saturated rings. The molecule has 0 unspecified atom stereocenters. The first-order valence-electron chi connectivity index (χ1n) is 9.94. The molecule has 2 aromatic carbocycles. The minimum atomic E-state index is -1.41. The second-order valence-electron chi connectivity index (χ2n) is 7.05. The van der Waals surface area contributed by atoms with Crippen LogP contribution in [-0.2, 0) is 27.8 Å². The maximum atomic E-state index is 12.5. The second kappa shape index (κ2) is 11.2. The van der Waals surface area contributed by atoms with E-state index in [4.69, 9.17) is 25.5 Å². The molecule has 0 spiro atoms. The number of hydrogen-bond donors (Lipinski definition) is 1. The number of amides is 1. The molecule has 0 saturated heterocycles. The number of benzene rings is 2. The molecule has 0 aliphatic carbocycles. The number of nitrogens with zero attached hydrogens (tertiary/aromatic N) is 1. The van der Waals surface area contributed by atoms with E-state index >= 15 is 0 Å². The van der Waals surface area contributed by atoms with Crippen molar-refractivity contribution >= 4 is 28.3 Å². The highest BCUT2D eigenvalue weighted by Crippen LogP contribution is 2.27. The Labute approximate surface area is 194 Å². The highest BCUT2D eigenvalue weighted by Gasteiger charge is 2.16. The van der Waals surface area contributed by atoms with E-state index in [0.717, 1.165) is 11.1 Å². The fourth-order valence-electron chi connectivity index (χ4n) is 3.06. The van der Waals surface area contributed by atoms with Crippen LogP contribution >= 0.6 is 11.6 Å². The third kappa shape index (κ3) is 6.34. The van der Waals surface area contributed by atoms with Gasteiger partial charge in [0.15, 0.2) is 11.5 Å². The fraction of sp³-hybridized carbons (Fsp3) is 0.304. The number of ether oxygens (including phenoxy) is 2. The van der Waals surface area contributed by atoms with Gasteiger partial charge in [0.25, 0.3) is 0 Å². The number of rotatable bonds is 10. The van der Waals surface area contributed by atoms with E-state index in [9.17, 15) is 9.00 Å². The van der Waals surface area contributed by atoms with Crippen LogP contribution in [0.4, 0.5) is 0 Å². The molecular weight excluding hydrogens is 452 g/mol. The van der Waals surface area contributed by atoms with Gasteiger partial charge in [0.1, 0.15) is 11.5 Å². The molecule has 1 N–H and O–H groups in total. The number of oxazole rings is 1. The third-order valence-electron chi connectivity index (χ3n) is 4.76. The molecule has 1 heterocycles. The van der Waals surface area contributed by atoms with Gasteiger partial charge < -0.3 is 19.2 Å². The Balaban J connectivity index is 1.49. The zero-order valence-electron chi connectivity index (χ0n) is 18.1. The molecule has 1 aromatic heterocycles. The van der Waals surface area contributed by atoms with Crippen LogP contribution in [0.25, 0.3) is 11.5 Å². The Kier molecular flexibility index (Phi) is 8.30. The molecule has 9 heteroatoms. The first-order valence-corrected chi connectivity index (χ1v) is 11.8. The van der Waals surface area contributed by atoms with Crippen molar-refractivity contribution in [2.24, 2.45) is 0 Å². The Bertz CT molecular complexity index is 1100. The minimum Gasteiger partial charge on any atom is -0.493 e. The van der Waals surface area contributed by atoms with Crippen LogP contribution in [0, 0.1) is 6.92 Å². The van der Waals surface area contributed by atoms with Crippen molar-refractivity contribution in [3.8, 4) is 23.0 Å². The van der Waals surface area contributed by atoms with E-state index in [-0.39, 0.29) is 17.4 Å². The lowest BCUT2D eigenvalue weighted by Gasteiger charge is -2.10. The average molecular weight is 477 g/mol. The lowest BCUT2D eigenvalue weighted by atomic mass is 10.1. The molecule has 0 aliphatic rings. The van der Waals surface area contributed by atoms with Gasteiger partial charge in [0.2, 0.25) is 11.8 Å².